The molecule has 1 heterocycles. The molecule has 7 heteroatoms. The lowest BCUT2D eigenvalue weighted by Gasteiger charge is -2.39. The van der Waals surface area contributed by atoms with Crippen molar-refractivity contribution in [2.75, 3.05) is 13.1 Å². The highest BCUT2D eigenvalue weighted by Crippen LogP contribution is 2.33. The number of carboxylic acid groups (broad SMARTS) is 1. The number of carbonyl (C=O) groups is 2. The predicted molar refractivity (Wildman–Crippen MR) is 72.9 cm³/mol. The molecule has 0 bridgehead atoms. The summed E-state index contributed by atoms with van der Waals surface area (Å²) in [5.74, 6) is -4.89. The second-order valence-corrected chi connectivity index (χ2v) is 5.55. The van der Waals surface area contributed by atoms with Gasteiger partial charge in [0, 0.05) is 13.1 Å². The van der Waals surface area contributed by atoms with Crippen LogP contribution >= 0.6 is 0 Å². The Morgan fingerprint density at radius 3 is 2.32 bits per heavy atom. The molecular weight excluding hydrogens is 296 g/mol. The second-order valence-electron chi connectivity index (χ2n) is 5.55. The highest BCUT2D eigenvalue weighted by atomic mass is 19.2. The quantitative estimate of drug-likeness (QED) is 0.829. The molecule has 1 aliphatic rings. The standard InChI is InChI=1S/C15H17F2NO4/c1-9(14(20)21)13(19)18-6-4-15(22,5-7-18)10-2-3-11(16)12(17)8-10/h2-3,8-9,22H,4-7H2,1H3,(H,20,21). The van der Waals surface area contributed by atoms with Crippen LogP contribution in [0.5, 0.6) is 0 Å². The van der Waals surface area contributed by atoms with Crippen molar-refractivity contribution in [2.45, 2.75) is 25.4 Å². The Morgan fingerprint density at radius 2 is 1.82 bits per heavy atom. The molecule has 0 spiro atoms. The van der Waals surface area contributed by atoms with E-state index >= 15 is 0 Å². The summed E-state index contributed by atoms with van der Waals surface area (Å²) in [4.78, 5) is 24.1. The Labute approximate surface area is 126 Å². The van der Waals surface area contributed by atoms with Gasteiger partial charge in [-0.2, -0.15) is 0 Å². The van der Waals surface area contributed by atoms with Gasteiger partial charge in [0.25, 0.3) is 0 Å². The predicted octanol–water partition coefficient (Wildman–Crippen LogP) is 1.50. The van der Waals surface area contributed by atoms with Crippen molar-refractivity contribution in [3.05, 3.63) is 35.4 Å². The number of rotatable bonds is 3. The van der Waals surface area contributed by atoms with Crippen LogP contribution in [0.15, 0.2) is 18.2 Å². The first-order valence-corrected chi connectivity index (χ1v) is 6.94. The van der Waals surface area contributed by atoms with E-state index in [0.717, 1.165) is 12.1 Å². The number of piperidine rings is 1. The van der Waals surface area contributed by atoms with Crippen LogP contribution in [-0.2, 0) is 15.2 Å². The molecule has 1 amide bonds. The average Bonchev–Trinajstić information content (AvgIpc) is 2.49. The number of aliphatic hydroxyl groups is 1. The summed E-state index contributed by atoms with van der Waals surface area (Å²) in [5.41, 5.74) is -1.09. The molecule has 1 unspecified atom stereocenters. The van der Waals surface area contributed by atoms with E-state index in [1.54, 1.807) is 0 Å². The van der Waals surface area contributed by atoms with Gasteiger partial charge in [-0.15, -0.1) is 0 Å². The fourth-order valence-electron chi connectivity index (χ4n) is 2.55. The van der Waals surface area contributed by atoms with E-state index in [1.807, 2.05) is 0 Å². The minimum absolute atomic E-state index is 0.135. The number of benzene rings is 1. The normalized spacial score (nSPS) is 18.8. The molecule has 1 aliphatic heterocycles. The SMILES string of the molecule is CC(C(=O)O)C(=O)N1CCC(O)(c2ccc(F)c(F)c2)CC1. The first-order chi connectivity index (χ1) is 10.2. The molecule has 120 valence electrons. The van der Waals surface area contributed by atoms with Gasteiger partial charge in [0.2, 0.25) is 5.91 Å². The summed E-state index contributed by atoms with van der Waals surface area (Å²) in [6, 6.07) is 3.22. The summed E-state index contributed by atoms with van der Waals surface area (Å²) in [5, 5.41) is 19.4. The van der Waals surface area contributed by atoms with Crippen molar-refractivity contribution in [1.82, 2.24) is 4.90 Å². The largest absolute Gasteiger partial charge is 0.481 e. The van der Waals surface area contributed by atoms with Crippen molar-refractivity contribution < 1.29 is 28.6 Å². The van der Waals surface area contributed by atoms with Crippen molar-refractivity contribution >= 4 is 11.9 Å². The Morgan fingerprint density at radius 1 is 1.23 bits per heavy atom. The van der Waals surface area contributed by atoms with Gasteiger partial charge in [0.1, 0.15) is 5.92 Å². The number of hydrogen-bond acceptors (Lipinski definition) is 3. The first kappa shape index (κ1) is 16.4. The van der Waals surface area contributed by atoms with Gasteiger partial charge in [-0.1, -0.05) is 6.07 Å². The van der Waals surface area contributed by atoms with Crippen LogP contribution in [0.2, 0.25) is 0 Å². The van der Waals surface area contributed by atoms with E-state index < -0.39 is 35.0 Å². The van der Waals surface area contributed by atoms with E-state index in [4.69, 9.17) is 5.11 Å². The number of hydrogen-bond donors (Lipinski definition) is 2. The maximum absolute atomic E-state index is 13.3. The summed E-state index contributed by atoms with van der Waals surface area (Å²) < 4.78 is 26.2. The van der Waals surface area contributed by atoms with Crippen LogP contribution in [0, 0.1) is 17.6 Å². The zero-order valence-electron chi connectivity index (χ0n) is 12.1. The second kappa shape index (κ2) is 6.00. The highest BCUT2D eigenvalue weighted by Gasteiger charge is 2.37. The summed E-state index contributed by atoms with van der Waals surface area (Å²) in [6.07, 6.45) is 0.270. The molecule has 0 radical (unpaired) electrons. The molecular formula is C15H17F2NO4. The molecule has 2 rings (SSSR count). The highest BCUT2D eigenvalue weighted by molar-refractivity contribution is 5.96. The molecule has 22 heavy (non-hydrogen) atoms. The van der Waals surface area contributed by atoms with Gasteiger partial charge in [0.05, 0.1) is 5.60 Å². The minimum atomic E-state index is -1.35. The van der Waals surface area contributed by atoms with E-state index in [0.29, 0.717) is 0 Å². The monoisotopic (exact) mass is 313 g/mol. The number of amides is 1. The van der Waals surface area contributed by atoms with Crippen molar-refractivity contribution in [1.29, 1.82) is 0 Å². The van der Waals surface area contributed by atoms with E-state index in [9.17, 15) is 23.5 Å². The molecule has 0 aliphatic carbocycles. The maximum Gasteiger partial charge on any atom is 0.315 e. The van der Waals surface area contributed by atoms with Crippen LogP contribution < -0.4 is 0 Å². The lowest BCUT2D eigenvalue weighted by molar-refractivity contribution is -0.152. The Kier molecular flexibility index (Phi) is 4.46. The summed E-state index contributed by atoms with van der Waals surface area (Å²) in [7, 11) is 0. The Hall–Kier alpha value is -2.02. The fraction of sp³-hybridized carbons (Fsp3) is 0.467. The van der Waals surface area contributed by atoms with Gasteiger partial charge in [0.15, 0.2) is 11.6 Å². The maximum atomic E-state index is 13.3. The molecule has 5 nitrogen and oxygen atoms in total. The van der Waals surface area contributed by atoms with Crippen molar-refractivity contribution in [3.8, 4) is 0 Å². The molecule has 1 atom stereocenters. The summed E-state index contributed by atoms with van der Waals surface area (Å²) >= 11 is 0. The Bertz CT molecular complexity index is 597. The van der Waals surface area contributed by atoms with E-state index in [-0.39, 0.29) is 31.5 Å². The van der Waals surface area contributed by atoms with Crippen molar-refractivity contribution in [3.63, 3.8) is 0 Å². The lowest BCUT2D eigenvalue weighted by atomic mass is 9.84. The zero-order valence-corrected chi connectivity index (χ0v) is 12.1. The topological polar surface area (TPSA) is 77.8 Å². The number of aliphatic carboxylic acids is 1. The van der Waals surface area contributed by atoms with E-state index in [2.05, 4.69) is 0 Å². The molecule has 0 aromatic heterocycles. The third-order valence-corrected chi connectivity index (χ3v) is 4.10. The third-order valence-electron chi connectivity index (χ3n) is 4.10. The van der Waals surface area contributed by atoms with Gasteiger partial charge < -0.3 is 15.1 Å². The van der Waals surface area contributed by atoms with Crippen LogP contribution in [0.1, 0.15) is 25.3 Å². The van der Waals surface area contributed by atoms with Crippen LogP contribution in [0.4, 0.5) is 8.78 Å². The third kappa shape index (κ3) is 3.09. The minimum Gasteiger partial charge on any atom is -0.481 e. The zero-order chi connectivity index (χ0) is 16.5. The van der Waals surface area contributed by atoms with Crippen LogP contribution in [-0.4, -0.2) is 40.1 Å². The molecule has 2 N–H and O–H groups in total. The number of nitrogens with zero attached hydrogens (tertiary/aromatic N) is 1. The molecule has 1 aromatic carbocycles. The molecule has 1 fully saturated rings. The first-order valence-electron chi connectivity index (χ1n) is 6.94. The smallest absolute Gasteiger partial charge is 0.315 e. The summed E-state index contributed by atoms with van der Waals surface area (Å²) in [6.45, 7) is 1.62. The average molecular weight is 313 g/mol. The van der Waals surface area contributed by atoms with Gasteiger partial charge in [-0.25, -0.2) is 8.78 Å². The van der Waals surface area contributed by atoms with Gasteiger partial charge in [-0.3, -0.25) is 9.59 Å². The number of carboxylic acids is 1. The number of halogens is 2. The van der Waals surface area contributed by atoms with E-state index in [1.165, 1.54) is 17.9 Å². The lowest BCUT2D eigenvalue weighted by Crippen LogP contribution is -2.47. The Balaban J connectivity index is 2.08. The van der Waals surface area contributed by atoms with Gasteiger partial charge >= 0.3 is 5.97 Å². The number of likely N-dealkylation sites (tertiary alicyclic amines) is 1. The molecule has 1 aromatic rings. The molecule has 0 saturated carbocycles. The van der Waals surface area contributed by atoms with Crippen LogP contribution in [0.25, 0.3) is 0 Å². The van der Waals surface area contributed by atoms with Crippen molar-refractivity contribution in [2.24, 2.45) is 5.92 Å². The van der Waals surface area contributed by atoms with Gasteiger partial charge in [-0.05, 0) is 37.5 Å². The molecule has 1 saturated heterocycles. The number of carbonyl (C=O) groups excluding carboxylic acids is 1. The fourth-order valence-corrected chi connectivity index (χ4v) is 2.55. The van der Waals surface area contributed by atoms with Crippen LogP contribution in [0.3, 0.4) is 0 Å².